The summed E-state index contributed by atoms with van der Waals surface area (Å²) in [4.78, 5) is 0. The molecule has 0 bridgehead atoms. The van der Waals surface area contributed by atoms with Crippen molar-refractivity contribution < 1.29 is 17.5 Å². The van der Waals surface area contributed by atoms with Crippen LogP contribution in [0.5, 0.6) is 0 Å². The fraction of sp³-hybridized carbons (Fsp3) is 0. The van der Waals surface area contributed by atoms with Gasteiger partial charge in [-0.05, 0) is 0 Å². The van der Waals surface area contributed by atoms with E-state index in [1.807, 2.05) is 0 Å². The van der Waals surface area contributed by atoms with Crippen molar-refractivity contribution in [3.05, 3.63) is 0 Å². The van der Waals surface area contributed by atoms with Gasteiger partial charge in [-0.15, -0.1) is 0 Å². The fourth-order valence-electron chi connectivity index (χ4n) is 0. The first-order valence-corrected chi connectivity index (χ1v) is 2.05. The maximum atomic E-state index is 8.63. The Kier molecular flexibility index (Phi) is 12.5. The van der Waals surface area contributed by atoms with Crippen molar-refractivity contribution in [1.29, 1.82) is 0 Å². The molecule has 0 fully saturated rings. The third-order valence-corrected chi connectivity index (χ3v) is 0. The first-order valence-electron chi connectivity index (χ1n) is 0.683. The molecule has 7 heavy (non-hydrogen) atoms. The topological polar surface area (TPSA) is 112 Å². The van der Waals surface area contributed by atoms with E-state index < -0.39 is 10.4 Å². The van der Waals surface area contributed by atoms with Crippen LogP contribution in [0.15, 0.2) is 0 Å². The molecule has 0 amide bonds. The number of rotatable bonds is 0. The van der Waals surface area contributed by atoms with E-state index in [0.717, 1.165) is 0 Å². The van der Waals surface area contributed by atoms with Crippen LogP contribution in [-0.2, 0) is 10.4 Å². The molecule has 0 saturated carbocycles. The molecule has 0 aliphatic heterocycles. The van der Waals surface area contributed by atoms with Gasteiger partial charge in [0.25, 0.3) is 0 Å². The Morgan fingerprint density at radius 2 is 1.43 bits per heavy atom. The summed E-state index contributed by atoms with van der Waals surface area (Å²) >= 11 is 0. The molecule has 0 atom stereocenters. The van der Waals surface area contributed by atoms with Crippen molar-refractivity contribution in [2.75, 3.05) is 0 Å². The summed E-state index contributed by atoms with van der Waals surface area (Å²) in [6.45, 7) is 0. The van der Waals surface area contributed by atoms with Crippen LogP contribution >= 0.6 is 0 Å². The number of hydrogen-bond acceptors (Lipinski definition) is 4. The quantitative estimate of drug-likeness (QED) is 0.318. The van der Waals surface area contributed by atoms with Gasteiger partial charge in [0.05, 0.1) is 0 Å². The summed E-state index contributed by atoms with van der Waals surface area (Å²) < 4.78 is 32.8. The van der Waals surface area contributed by atoms with Gasteiger partial charge in [0.1, 0.15) is 0 Å². The van der Waals surface area contributed by atoms with Gasteiger partial charge in [0.2, 0.25) is 10.4 Å². The van der Waals surface area contributed by atoms with E-state index in [9.17, 15) is 0 Å². The summed E-state index contributed by atoms with van der Waals surface area (Å²) in [5, 5.41) is 0. The molecule has 0 aliphatic rings. The summed E-state index contributed by atoms with van der Waals surface area (Å²) in [7, 11) is -4.92. The van der Waals surface area contributed by atoms with Crippen molar-refractivity contribution in [1.82, 2.24) is 6.15 Å². The van der Waals surface area contributed by atoms with E-state index in [1.165, 1.54) is 0 Å². The first kappa shape index (κ1) is 15.8. The zero-order chi connectivity index (χ0) is 4.50. The van der Waals surface area contributed by atoms with Crippen LogP contribution in [0.25, 0.3) is 0 Å². The summed E-state index contributed by atoms with van der Waals surface area (Å²) in [6.07, 6.45) is 0. The average Bonchev–Trinajstić information content (AvgIpc) is 0.722. The zero-order valence-electron chi connectivity index (χ0n) is 3.49. The van der Waals surface area contributed by atoms with Gasteiger partial charge < -0.3 is 10.7 Å². The Balaban J connectivity index is -0.0000000800. The van der Waals surface area contributed by atoms with E-state index in [1.54, 1.807) is 0 Å². The molecular formula is H4BaNO4S. The smallest absolute Gasteiger partial charge is 0.726 e. The van der Waals surface area contributed by atoms with Crippen LogP contribution < -0.4 is 6.15 Å². The second kappa shape index (κ2) is 5.54. The second-order valence-corrected chi connectivity index (χ2v) is 1.28. The van der Waals surface area contributed by atoms with E-state index in [2.05, 4.69) is 0 Å². The minimum Gasteiger partial charge on any atom is -0.726 e. The van der Waals surface area contributed by atoms with Crippen LogP contribution in [0.4, 0.5) is 0 Å². The third kappa shape index (κ3) is 110. The average molecular weight is 251 g/mol. The summed E-state index contributed by atoms with van der Waals surface area (Å²) in [6, 6.07) is 0. The monoisotopic (exact) mass is 252 g/mol. The van der Waals surface area contributed by atoms with Crippen LogP contribution in [0.3, 0.4) is 0 Å². The van der Waals surface area contributed by atoms with Gasteiger partial charge in [0.15, 0.2) is 0 Å². The van der Waals surface area contributed by atoms with Gasteiger partial charge in [-0.3, -0.25) is 4.55 Å². The number of hydrogen-bond donors (Lipinski definition) is 2. The molecule has 0 saturated heterocycles. The standard InChI is InChI=1S/Ba.H3N.H2O4S/c;;1-5(2,3)4/h;1H3;(H2,1,2,3,4)/q+1;;/p-1. The van der Waals surface area contributed by atoms with Crippen LogP contribution in [0.1, 0.15) is 0 Å². The van der Waals surface area contributed by atoms with Crippen LogP contribution in [0.2, 0.25) is 0 Å². The van der Waals surface area contributed by atoms with Crippen LogP contribution in [0, 0.1) is 0 Å². The molecule has 1 radical (unpaired) electrons. The predicted octanol–water partition coefficient (Wildman–Crippen LogP) is -1.21. The molecule has 0 aromatic carbocycles. The van der Waals surface area contributed by atoms with Crippen molar-refractivity contribution in [3.63, 3.8) is 0 Å². The van der Waals surface area contributed by atoms with Gasteiger partial charge in [-0.2, -0.15) is 0 Å². The Morgan fingerprint density at radius 1 is 1.43 bits per heavy atom. The minimum absolute atomic E-state index is 0. The largest absolute Gasteiger partial charge is 1.00 e. The maximum absolute atomic E-state index is 8.63. The minimum atomic E-state index is -4.92. The van der Waals surface area contributed by atoms with Crippen molar-refractivity contribution >= 4 is 59.3 Å². The van der Waals surface area contributed by atoms with Gasteiger partial charge in [-0.25, -0.2) is 8.42 Å². The normalized spacial score (nSPS) is 8.29. The molecule has 41 valence electrons. The Bertz CT molecular complexity index is 94.9. The van der Waals surface area contributed by atoms with E-state index in [4.69, 9.17) is 17.5 Å². The Morgan fingerprint density at radius 3 is 1.43 bits per heavy atom. The van der Waals surface area contributed by atoms with Gasteiger partial charge in [0, 0.05) is 0 Å². The molecule has 0 unspecified atom stereocenters. The third-order valence-electron chi connectivity index (χ3n) is 0. The molecule has 5 nitrogen and oxygen atoms in total. The predicted molar refractivity (Wildman–Crippen MR) is 23.1 cm³/mol. The molecular weight excluding hydrogens is 247 g/mol. The fourth-order valence-corrected chi connectivity index (χ4v) is 0. The Hall–Kier alpha value is 1.40. The summed E-state index contributed by atoms with van der Waals surface area (Å²) in [5.74, 6) is 0. The van der Waals surface area contributed by atoms with Crippen molar-refractivity contribution in [3.8, 4) is 0 Å². The zero-order valence-corrected chi connectivity index (χ0v) is 8.75. The second-order valence-electron chi connectivity index (χ2n) is 0.428. The van der Waals surface area contributed by atoms with Gasteiger partial charge in [-0.1, -0.05) is 0 Å². The molecule has 0 aromatic rings. The maximum Gasteiger partial charge on any atom is 1.00 e. The molecule has 0 heterocycles. The molecule has 4 N–H and O–H groups in total. The van der Waals surface area contributed by atoms with Crippen molar-refractivity contribution in [2.24, 2.45) is 0 Å². The SMILES string of the molecule is N.O=S(=O)([O-])O.[Ba+]. The van der Waals surface area contributed by atoms with E-state index in [-0.39, 0.29) is 55.0 Å². The first-order chi connectivity index (χ1) is 2.00. The van der Waals surface area contributed by atoms with E-state index >= 15 is 0 Å². The van der Waals surface area contributed by atoms with Crippen LogP contribution in [-0.4, -0.2) is 66.4 Å². The molecule has 0 rings (SSSR count). The van der Waals surface area contributed by atoms with Crippen molar-refractivity contribution in [2.45, 2.75) is 0 Å². The van der Waals surface area contributed by atoms with E-state index in [0.29, 0.717) is 0 Å². The summed E-state index contributed by atoms with van der Waals surface area (Å²) in [5.41, 5.74) is 0. The Labute approximate surface area is 81.7 Å². The molecule has 0 aromatic heterocycles. The molecule has 0 aliphatic carbocycles. The van der Waals surface area contributed by atoms with Gasteiger partial charge >= 0.3 is 48.9 Å². The molecule has 0 spiro atoms. The molecule has 7 heteroatoms.